The predicted molar refractivity (Wildman–Crippen MR) is 129 cm³/mol. The van der Waals surface area contributed by atoms with E-state index in [9.17, 15) is 23.7 Å². The van der Waals surface area contributed by atoms with Gasteiger partial charge in [0.25, 0.3) is 0 Å². The number of phosphoric ester groups is 1. The van der Waals surface area contributed by atoms with E-state index in [1.165, 1.54) is 7.11 Å². The van der Waals surface area contributed by atoms with Crippen molar-refractivity contribution >= 4 is 31.6 Å². The number of methoxy groups -OCH3 is 1. The van der Waals surface area contributed by atoms with Crippen LogP contribution in [0.4, 0.5) is 0 Å². The van der Waals surface area contributed by atoms with Gasteiger partial charge in [-0.15, -0.1) is 0 Å². The molecule has 1 heterocycles. The fraction of sp³-hybridized carbons (Fsp3) is 0.583. The van der Waals surface area contributed by atoms with Crippen LogP contribution in [0.15, 0.2) is 30.3 Å². The molecule has 37 heavy (non-hydrogen) atoms. The van der Waals surface area contributed by atoms with E-state index in [1.807, 2.05) is 30.3 Å². The molecule has 0 aromatic heterocycles. The Morgan fingerprint density at radius 1 is 1.14 bits per heavy atom. The lowest BCUT2D eigenvalue weighted by Gasteiger charge is -2.39. The zero-order chi connectivity index (χ0) is 27.5. The van der Waals surface area contributed by atoms with Crippen molar-refractivity contribution in [1.29, 1.82) is 0 Å². The number of phosphoric acid groups is 1. The average molecular weight is 544 g/mol. The zero-order valence-corrected chi connectivity index (χ0v) is 22.3. The van der Waals surface area contributed by atoms with Crippen LogP contribution in [0.3, 0.4) is 0 Å². The lowest BCUT2D eigenvalue weighted by Crippen LogP contribution is -2.50. The quantitative estimate of drug-likeness (QED) is 0.169. The van der Waals surface area contributed by atoms with Gasteiger partial charge in [-0.3, -0.25) is 28.2 Å². The molecular weight excluding hydrogens is 509 g/mol. The Balaban J connectivity index is 1.91. The minimum atomic E-state index is -4.26. The van der Waals surface area contributed by atoms with Crippen LogP contribution in [-0.4, -0.2) is 63.6 Å². The maximum absolute atomic E-state index is 12.9. The Hall–Kier alpha value is -2.79. The van der Waals surface area contributed by atoms with Crippen LogP contribution in [0.25, 0.3) is 0 Å². The minimum absolute atomic E-state index is 0.00428. The predicted octanol–water partition coefficient (Wildman–Crippen LogP) is 2.54. The number of carbonyl (C=O) groups is 4. The first-order chi connectivity index (χ1) is 17.5. The van der Waals surface area contributed by atoms with E-state index in [0.717, 1.165) is 5.56 Å². The molecule has 3 atom stereocenters. The van der Waals surface area contributed by atoms with Crippen molar-refractivity contribution in [3.05, 3.63) is 35.9 Å². The van der Waals surface area contributed by atoms with Gasteiger partial charge in [-0.25, -0.2) is 9.09 Å². The largest absolute Gasteiger partial charge is 0.478 e. The highest BCUT2D eigenvalue weighted by molar-refractivity contribution is 7.48. The Labute approximate surface area is 215 Å². The summed E-state index contributed by atoms with van der Waals surface area (Å²) in [6, 6.07) is 9.13. The van der Waals surface area contributed by atoms with Gasteiger partial charge in [-0.2, -0.15) is 0 Å². The highest BCUT2D eigenvalue weighted by Gasteiger charge is 2.49. The topological polar surface area (TPSA) is 153 Å². The first-order valence-electron chi connectivity index (χ1n) is 11.8. The lowest BCUT2D eigenvalue weighted by molar-refractivity contribution is -0.161. The second-order valence-corrected chi connectivity index (χ2v) is 10.5. The standard InChI is InChI=1S/C24H34NO11P/c1-5-32-23(29)18(13-17-9-7-6-8-10-17)14-20(27)33-16-35-37(30)34-15-24(2,3)21(36-37)22(28)25-12-11-19(26)31-4/h6-10,18,21H,5,11-16H2,1-4H3,(H,25,28)/t18-,21+,37?/m1/s1. The number of amides is 1. The fourth-order valence-corrected chi connectivity index (χ4v) is 4.90. The number of nitrogens with one attached hydrogen (secondary N) is 1. The Bertz CT molecular complexity index is 982. The molecule has 1 aliphatic heterocycles. The van der Waals surface area contributed by atoms with Crippen molar-refractivity contribution in [1.82, 2.24) is 5.32 Å². The molecule has 0 bridgehead atoms. The number of esters is 3. The molecular formula is C24H34NO11P. The van der Waals surface area contributed by atoms with Crippen molar-refractivity contribution in [2.24, 2.45) is 11.3 Å². The van der Waals surface area contributed by atoms with Gasteiger partial charge in [-0.05, 0) is 18.9 Å². The third-order valence-corrected chi connectivity index (χ3v) is 6.76. The molecule has 1 aromatic carbocycles. The molecule has 1 aromatic rings. The minimum Gasteiger partial charge on any atom is -0.469 e. The number of hydrogen-bond acceptors (Lipinski definition) is 11. The van der Waals surface area contributed by atoms with Gasteiger partial charge in [0.15, 0.2) is 6.10 Å². The van der Waals surface area contributed by atoms with Crippen molar-refractivity contribution in [2.45, 2.75) is 46.1 Å². The van der Waals surface area contributed by atoms with Gasteiger partial charge in [-0.1, -0.05) is 44.2 Å². The van der Waals surface area contributed by atoms with Crippen molar-refractivity contribution in [3.63, 3.8) is 0 Å². The summed E-state index contributed by atoms with van der Waals surface area (Å²) in [6.45, 7) is 4.23. The molecule has 1 N–H and O–H groups in total. The lowest BCUT2D eigenvalue weighted by atomic mass is 9.87. The second-order valence-electron chi connectivity index (χ2n) is 8.92. The summed E-state index contributed by atoms with van der Waals surface area (Å²) in [4.78, 5) is 48.6. The SMILES string of the molecule is CCOC(=O)[C@@H](CC(=O)OCOP1(=O)OCC(C)(C)[C@H](C(=O)NCCC(=O)OC)O1)Cc1ccccc1. The van der Waals surface area contributed by atoms with Crippen LogP contribution in [0.2, 0.25) is 0 Å². The first kappa shape index (κ1) is 30.4. The smallest absolute Gasteiger partial charge is 0.469 e. The third-order valence-electron chi connectivity index (χ3n) is 5.42. The summed E-state index contributed by atoms with van der Waals surface area (Å²) in [7, 11) is -3.02. The monoisotopic (exact) mass is 543 g/mol. The third kappa shape index (κ3) is 9.88. The Kier molecular flexibility index (Phi) is 11.7. The molecule has 13 heteroatoms. The highest BCUT2D eigenvalue weighted by atomic mass is 31.2. The molecule has 0 radical (unpaired) electrons. The summed E-state index contributed by atoms with van der Waals surface area (Å²) < 4.78 is 43.2. The van der Waals surface area contributed by atoms with Crippen LogP contribution >= 0.6 is 7.82 Å². The summed E-state index contributed by atoms with van der Waals surface area (Å²) >= 11 is 0. The van der Waals surface area contributed by atoms with E-state index in [2.05, 4.69) is 10.1 Å². The molecule has 12 nitrogen and oxygen atoms in total. The van der Waals surface area contributed by atoms with E-state index in [4.69, 9.17) is 23.0 Å². The molecule has 0 aliphatic carbocycles. The van der Waals surface area contributed by atoms with Gasteiger partial charge in [0, 0.05) is 12.0 Å². The number of hydrogen-bond donors (Lipinski definition) is 1. The van der Waals surface area contributed by atoms with Crippen molar-refractivity contribution in [2.75, 3.05) is 33.7 Å². The fourth-order valence-electron chi connectivity index (χ4n) is 3.39. The summed E-state index contributed by atoms with van der Waals surface area (Å²) in [6.07, 6.45) is -1.30. The average Bonchev–Trinajstić information content (AvgIpc) is 2.86. The van der Waals surface area contributed by atoms with Gasteiger partial charge >= 0.3 is 25.7 Å². The Morgan fingerprint density at radius 3 is 2.49 bits per heavy atom. The van der Waals surface area contributed by atoms with Crippen LogP contribution in [0, 0.1) is 11.3 Å². The van der Waals surface area contributed by atoms with Crippen LogP contribution in [0.5, 0.6) is 0 Å². The van der Waals surface area contributed by atoms with Gasteiger partial charge in [0.05, 0.1) is 39.1 Å². The maximum atomic E-state index is 12.9. The Morgan fingerprint density at radius 2 is 1.84 bits per heavy atom. The molecule has 1 amide bonds. The molecule has 1 fully saturated rings. The summed E-state index contributed by atoms with van der Waals surface area (Å²) in [5.74, 6) is -3.23. The molecule has 2 rings (SSSR count). The second kappa shape index (κ2) is 14.2. The van der Waals surface area contributed by atoms with Gasteiger partial charge in [0.1, 0.15) is 0 Å². The first-order valence-corrected chi connectivity index (χ1v) is 13.2. The zero-order valence-electron chi connectivity index (χ0n) is 21.4. The summed E-state index contributed by atoms with van der Waals surface area (Å²) in [5.41, 5.74) is -0.0234. The van der Waals surface area contributed by atoms with E-state index in [0.29, 0.717) is 0 Å². The van der Waals surface area contributed by atoms with Crippen molar-refractivity contribution < 1.29 is 51.5 Å². The van der Waals surface area contributed by atoms with Crippen LogP contribution in [-0.2, 0) is 57.9 Å². The molecule has 1 unspecified atom stereocenters. The van der Waals surface area contributed by atoms with E-state index in [1.54, 1.807) is 20.8 Å². The number of benzene rings is 1. The number of carbonyl (C=O) groups excluding carboxylic acids is 4. The highest BCUT2D eigenvalue weighted by Crippen LogP contribution is 2.57. The summed E-state index contributed by atoms with van der Waals surface area (Å²) in [5, 5.41) is 2.52. The van der Waals surface area contributed by atoms with E-state index >= 15 is 0 Å². The van der Waals surface area contributed by atoms with Crippen LogP contribution in [0.1, 0.15) is 39.2 Å². The molecule has 0 spiro atoms. The molecule has 1 saturated heterocycles. The van der Waals surface area contributed by atoms with Gasteiger partial charge < -0.3 is 19.5 Å². The van der Waals surface area contributed by atoms with Gasteiger partial charge in [0.2, 0.25) is 12.7 Å². The van der Waals surface area contributed by atoms with Crippen molar-refractivity contribution in [3.8, 4) is 0 Å². The maximum Gasteiger partial charge on any atom is 0.478 e. The molecule has 206 valence electrons. The molecule has 0 saturated carbocycles. The number of rotatable bonds is 13. The van der Waals surface area contributed by atoms with E-state index < -0.39 is 55.9 Å². The van der Waals surface area contributed by atoms with Crippen LogP contribution < -0.4 is 5.32 Å². The van der Waals surface area contributed by atoms with E-state index in [-0.39, 0.29) is 39.0 Å². The number of ether oxygens (including phenoxy) is 3. The normalized spacial score (nSPS) is 21.4. The molecule has 1 aliphatic rings.